The number of alkyl halides is 3. The molecule has 0 aliphatic rings. The average Bonchev–Trinajstić information content (AvgIpc) is 3.05. The predicted molar refractivity (Wildman–Crippen MR) is 85.0 cm³/mol. The lowest BCUT2D eigenvalue weighted by atomic mass is 10.1. The molecule has 0 amide bonds. The highest BCUT2D eigenvalue weighted by atomic mass is 19.4. The van der Waals surface area contributed by atoms with Crippen molar-refractivity contribution in [1.82, 2.24) is 29.4 Å². The van der Waals surface area contributed by atoms with Gasteiger partial charge in [-0.3, -0.25) is 4.68 Å². The molecule has 0 N–H and O–H groups in total. The maximum Gasteiger partial charge on any atom is 0.433 e. The van der Waals surface area contributed by atoms with Crippen molar-refractivity contribution < 1.29 is 13.2 Å². The number of fused-ring (bicyclic) bond motifs is 3. The fourth-order valence-corrected chi connectivity index (χ4v) is 2.99. The maximum absolute atomic E-state index is 13.0. The topological polar surface area (TPSA) is 60.9 Å². The molecule has 0 fully saturated rings. The highest BCUT2D eigenvalue weighted by Gasteiger charge is 2.34. The Labute approximate surface area is 139 Å². The zero-order valence-electron chi connectivity index (χ0n) is 13.6. The minimum atomic E-state index is -4.52. The van der Waals surface area contributed by atoms with Crippen LogP contribution in [0.4, 0.5) is 13.2 Å². The van der Waals surface area contributed by atoms with Crippen LogP contribution in [0.1, 0.15) is 17.0 Å². The van der Waals surface area contributed by atoms with Crippen LogP contribution in [0.3, 0.4) is 0 Å². The lowest BCUT2D eigenvalue weighted by Gasteiger charge is -2.06. The molecular weight excluding hydrogens is 333 g/mol. The molecule has 0 bridgehead atoms. The first-order valence-corrected chi connectivity index (χ1v) is 7.48. The van der Waals surface area contributed by atoms with Crippen LogP contribution in [0.2, 0.25) is 0 Å². The molecule has 25 heavy (non-hydrogen) atoms. The molecule has 0 spiro atoms. The molecule has 0 unspecified atom stereocenters. The largest absolute Gasteiger partial charge is 0.433 e. The first kappa shape index (κ1) is 15.6. The van der Waals surface area contributed by atoms with Gasteiger partial charge in [0.25, 0.3) is 0 Å². The zero-order valence-corrected chi connectivity index (χ0v) is 13.6. The van der Waals surface area contributed by atoms with Gasteiger partial charge >= 0.3 is 6.18 Å². The van der Waals surface area contributed by atoms with Gasteiger partial charge in [-0.05, 0) is 31.5 Å². The van der Waals surface area contributed by atoms with E-state index in [0.29, 0.717) is 22.3 Å². The van der Waals surface area contributed by atoms with Crippen molar-refractivity contribution in [1.29, 1.82) is 0 Å². The smallest absolute Gasteiger partial charge is 0.275 e. The summed E-state index contributed by atoms with van der Waals surface area (Å²) in [7, 11) is 1.80. The van der Waals surface area contributed by atoms with E-state index in [2.05, 4.69) is 20.2 Å². The van der Waals surface area contributed by atoms with Crippen LogP contribution < -0.4 is 0 Å². The van der Waals surface area contributed by atoms with Crippen LogP contribution >= 0.6 is 0 Å². The van der Waals surface area contributed by atoms with Crippen LogP contribution in [-0.4, -0.2) is 29.4 Å². The van der Waals surface area contributed by atoms with E-state index in [0.717, 1.165) is 17.3 Å². The molecule has 4 rings (SSSR count). The normalized spacial score (nSPS) is 12.4. The van der Waals surface area contributed by atoms with E-state index in [1.807, 2.05) is 13.1 Å². The van der Waals surface area contributed by atoms with E-state index in [4.69, 9.17) is 0 Å². The molecule has 0 saturated heterocycles. The Hall–Kier alpha value is -2.97. The van der Waals surface area contributed by atoms with Crippen molar-refractivity contribution in [3.05, 3.63) is 41.5 Å². The van der Waals surface area contributed by atoms with Crippen molar-refractivity contribution in [2.24, 2.45) is 7.05 Å². The van der Waals surface area contributed by atoms with E-state index in [1.54, 1.807) is 30.9 Å². The summed E-state index contributed by atoms with van der Waals surface area (Å²) in [5.74, 6) is 0. The van der Waals surface area contributed by atoms with Crippen LogP contribution in [0, 0.1) is 13.8 Å². The molecule has 4 aromatic heterocycles. The zero-order chi connectivity index (χ0) is 17.9. The Kier molecular flexibility index (Phi) is 3.12. The summed E-state index contributed by atoms with van der Waals surface area (Å²) in [6.07, 6.45) is -1.09. The molecule has 0 atom stereocenters. The van der Waals surface area contributed by atoms with Crippen molar-refractivity contribution >= 4 is 16.7 Å². The summed E-state index contributed by atoms with van der Waals surface area (Å²) in [5, 5.41) is 9.10. The third kappa shape index (κ3) is 2.34. The van der Waals surface area contributed by atoms with Gasteiger partial charge in [-0.1, -0.05) is 0 Å². The summed E-state index contributed by atoms with van der Waals surface area (Å²) in [5.41, 5.74) is 2.27. The Morgan fingerprint density at radius 3 is 2.52 bits per heavy atom. The third-order valence-electron chi connectivity index (χ3n) is 4.05. The van der Waals surface area contributed by atoms with Gasteiger partial charge in [0.05, 0.1) is 16.8 Å². The van der Waals surface area contributed by atoms with E-state index in [1.165, 1.54) is 4.52 Å². The van der Waals surface area contributed by atoms with E-state index in [-0.39, 0.29) is 5.65 Å². The van der Waals surface area contributed by atoms with Gasteiger partial charge in [-0.15, -0.1) is 5.10 Å². The minimum Gasteiger partial charge on any atom is -0.275 e. The Balaban J connectivity index is 2.07. The molecule has 6 nitrogen and oxygen atoms in total. The van der Waals surface area contributed by atoms with Crippen LogP contribution in [0.5, 0.6) is 0 Å². The van der Waals surface area contributed by atoms with Crippen LogP contribution in [-0.2, 0) is 13.2 Å². The Morgan fingerprint density at radius 2 is 1.88 bits per heavy atom. The highest BCUT2D eigenvalue weighted by molar-refractivity contribution is 5.93. The number of nitrogens with zero attached hydrogens (tertiary/aromatic N) is 6. The lowest BCUT2D eigenvalue weighted by molar-refractivity contribution is -0.141. The molecule has 4 heterocycles. The first-order chi connectivity index (χ1) is 11.8. The molecule has 0 aliphatic carbocycles. The second-order valence-corrected chi connectivity index (χ2v) is 5.89. The van der Waals surface area contributed by atoms with Crippen LogP contribution in [0.25, 0.3) is 27.9 Å². The number of halogens is 3. The molecule has 0 saturated carbocycles. The van der Waals surface area contributed by atoms with E-state index >= 15 is 0 Å². The fraction of sp³-hybridized carbons (Fsp3) is 0.250. The lowest BCUT2D eigenvalue weighted by Crippen LogP contribution is -2.08. The third-order valence-corrected chi connectivity index (χ3v) is 4.05. The summed E-state index contributed by atoms with van der Waals surface area (Å²) in [6.45, 7) is 3.46. The maximum atomic E-state index is 13.0. The SMILES string of the molecule is Cc1nn(C)cc1-c1ccnc2c3c(C)cc(C(F)(F)F)nc3nn12. The summed E-state index contributed by atoms with van der Waals surface area (Å²) >= 11 is 0. The molecule has 0 aliphatic heterocycles. The van der Waals surface area contributed by atoms with Crippen LogP contribution in [0.15, 0.2) is 24.5 Å². The number of aryl methyl sites for hydroxylation is 3. The van der Waals surface area contributed by atoms with E-state index in [9.17, 15) is 13.2 Å². The van der Waals surface area contributed by atoms with Crippen molar-refractivity contribution in [2.45, 2.75) is 20.0 Å². The van der Waals surface area contributed by atoms with E-state index < -0.39 is 11.9 Å². The molecular formula is C16H13F3N6. The van der Waals surface area contributed by atoms with Gasteiger partial charge in [0.2, 0.25) is 0 Å². The highest BCUT2D eigenvalue weighted by Crippen LogP contribution is 2.32. The first-order valence-electron chi connectivity index (χ1n) is 7.48. The number of aromatic nitrogens is 6. The van der Waals surface area contributed by atoms with Gasteiger partial charge in [0.1, 0.15) is 5.69 Å². The Bertz CT molecular complexity index is 1120. The second kappa shape index (κ2) is 5.01. The average molecular weight is 346 g/mol. The van der Waals surface area contributed by atoms with Crippen molar-refractivity contribution in [3.63, 3.8) is 0 Å². The predicted octanol–water partition coefficient (Wildman–Crippen LogP) is 3.31. The minimum absolute atomic E-state index is 0.0221. The van der Waals surface area contributed by atoms with Crippen molar-refractivity contribution in [3.8, 4) is 11.3 Å². The van der Waals surface area contributed by atoms with Gasteiger partial charge in [-0.2, -0.15) is 18.3 Å². The Morgan fingerprint density at radius 1 is 1.12 bits per heavy atom. The van der Waals surface area contributed by atoms with Gasteiger partial charge in [0, 0.05) is 25.0 Å². The number of hydrogen-bond donors (Lipinski definition) is 0. The standard InChI is InChI=1S/C16H13F3N6/c1-8-6-12(16(17,18)19)21-14-13(8)15-20-5-4-11(25(15)23-14)10-7-24(3)22-9(10)2/h4-7H,1-3H3. The quantitative estimate of drug-likeness (QED) is 0.530. The monoisotopic (exact) mass is 346 g/mol. The van der Waals surface area contributed by atoms with Gasteiger partial charge < -0.3 is 0 Å². The molecule has 4 aromatic rings. The fourth-order valence-electron chi connectivity index (χ4n) is 2.99. The molecule has 128 valence electrons. The van der Waals surface area contributed by atoms with Gasteiger partial charge in [0.15, 0.2) is 11.3 Å². The molecule has 9 heteroatoms. The number of pyridine rings is 1. The molecule has 0 aromatic carbocycles. The second-order valence-electron chi connectivity index (χ2n) is 5.89. The van der Waals surface area contributed by atoms with Gasteiger partial charge in [-0.25, -0.2) is 14.5 Å². The summed E-state index contributed by atoms with van der Waals surface area (Å²) in [4.78, 5) is 7.99. The molecule has 0 radical (unpaired) electrons. The summed E-state index contributed by atoms with van der Waals surface area (Å²) < 4.78 is 42.3. The van der Waals surface area contributed by atoms with Crippen molar-refractivity contribution in [2.75, 3.05) is 0 Å². The number of rotatable bonds is 1. The number of hydrogen-bond acceptors (Lipinski definition) is 4. The summed E-state index contributed by atoms with van der Waals surface area (Å²) in [6, 6.07) is 2.77.